The maximum Gasteiger partial charge on any atom is 0.242 e. The number of aromatic nitrogens is 2. The van der Waals surface area contributed by atoms with E-state index in [-0.39, 0.29) is 17.0 Å². The summed E-state index contributed by atoms with van der Waals surface area (Å²) in [5.41, 5.74) is 2.38. The van der Waals surface area contributed by atoms with Gasteiger partial charge >= 0.3 is 0 Å². The molecule has 1 aliphatic carbocycles. The fourth-order valence-electron chi connectivity index (χ4n) is 4.40. The molecule has 6 nitrogen and oxygen atoms in total. The Morgan fingerprint density at radius 1 is 0.875 bits per heavy atom. The van der Waals surface area contributed by atoms with Crippen LogP contribution in [0.4, 0.5) is 5.69 Å². The minimum absolute atomic E-state index is 0.0926. The Labute approximate surface area is 192 Å². The minimum Gasteiger partial charge on any atom is -0.382 e. The molecule has 0 saturated heterocycles. The van der Waals surface area contributed by atoms with Crippen LogP contribution in [0.3, 0.4) is 0 Å². The normalized spacial score (nSPS) is 19.3. The van der Waals surface area contributed by atoms with Crippen molar-refractivity contribution in [3.63, 3.8) is 0 Å². The van der Waals surface area contributed by atoms with Crippen LogP contribution in [-0.2, 0) is 10.0 Å². The van der Waals surface area contributed by atoms with Crippen molar-refractivity contribution in [2.45, 2.75) is 42.7 Å². The van der Waals surface area contributed by atoms with Gasteiger partial charge < -0.3 is 5.32 Å². The first-order valence-corrected chi connectivity index (χ1v) is 12.5. The number of benzene rings is 2. The predicted molar refractivity (Wildman–Crippen MR) is 128 cm³/mol. The molecule has 0 unspecified atom stereocenters. The smallest absolute Gasteiger partial charge is 0.242 e. The molecule has 0 aliphatic heterocycles. The monoisotopic (exact) mass is 466 g/mol. The minimum atomic E-state index is -3.65. The highest BCUT2D eigenvalue weighted by Gasteiger charge is 2.27. The van der Waals surface area contributed by atoms with Crippen LogP contribution in [0, 0.1) is 0 Å². The number of para-hydroxylation sites is 1. The van der Waals surface area contributed by atoms with E-state index < -0.39 is 10.0 Å². The van der Waals surface area contributed by atoms with Gasteiger partial charge in [0.1, 0.15) is 4.90 Å². The van der Waals surface area contributed by atoms with Gasteiger partial charge in [-0.2, -0.15) is 0 Å². The maximum absolute atomic E-state index is 13.1. The lowest BCUT2D eigenvalue weighted by molar-refractivity contribution is 0.387. The van der Waals surface area contributed by atoms with Crippen LogP contribution in [0.2, 0.25) is 5.02 Å². The molecule has 4 aromatic rings. The molecular weight excluding hydrogens is 444 g/mol. The molecule has 164 valence electrons. The Kier molecular flexibility index (Phi) is 5.71. The van der Waals surface area contributed by atoms with E-state index in [0.29, 0.717) is 10.5 Å². The zero-order valence-electron chi connectivity index (χ0n) is 17.3. The number of nitrogens with zero attached hydrogens (tertiary/aromatic N) is 2. The van der Waals surface area contributed by atoms with Crippen molar-refractivity contribution in [3.8, 4) is 0 Å². The second-order valence-corrected chi connectivity index (χ2v) is 10.3. The maximum atomic E-state index is 13.1. The topological polar surface area (TPSA) is 84.0 Å². The number of nitrogens with one attached hydrogen (secondary N) is 2. The van der Waals surface area contributed by atoms with Gasteiger partial charge in [0.2, 0.25) is 10.0 Å². The van der Waals surface area contributed by atoms with E-state index in [1.165, 1.54) is 0 Å². The molecule has 1 aliphatic rings. The SMILES string of the molecule is O=S(=O)(NC1CCC(Nc2ccnc3cc(Cl)ccc23)CC1)c1cccc2cccnc12. The van der Waals surface area contributed by atoms with E-state index in [1.54, 1.807) is 30.6 Å². The van der Waals surface area contributed by atoms with E-state index in [4.69, 9.17) is 11.6 Å². The third-order valence-electron chi connectivity index (χ3n) is 6.00. The lowest BCUT2D eigenvalue weighted by Gasteiger charge is -2.30. The van der Waals surface area contributed by atoms with Crippen molar-refractivity contribution in [2.24, 2.45) is 0 Å². The fourth-order valence-corrected chi connectivity index (χ4v) is 6.05. The Morgan fingerprint density at radius 2 is 1.66 bits per heavy atom. The molecule has 5 rings (SSSR count). The summed E-state index contributed by atoms with van der Waals surface area (Å²) >= 11 is 6.09. The summed E-state index contributed by atoms with van der Waals surface area (Å²) in [5, 5.41) is 6.12. The zero-order chi connectivity index (χ0) is 22.1. The molecule has 2 N–H and O–H groups in total. The van der Waals surface area contributed by atoms with E-state index in [0.717, 1.165) is 47.7 Å². The second kappa shape index (κ2) is 8.65. The molecule has 1 fully saturated rings. The zero-order valence-corrected chi connectivity index (χ0v) is 18.9. The van der Waals surface area contributed by atoms with Gasteiger partial charge in [0.15, 0.2) is 0 Å². The number of fused-ring (bicyclic) bond motifs is 2. The number of hydrogen-bond donors (Lipinski definition) is 2. The van der Waals surface area contributed by atoms with Crippen LogP contribution in [0.25, 0.3) is 21.8 Å². The second-order valence-electron chi connectivity index (χ2n) is 8.17. The lowest BCUT2D eigenvalue weighted by Crippen LogP contribution is -2.40. The first-order valence-electron chi connectivity index (χ1n) is 10.7. The molecular formula is C24H23ClN4O2S. The van der Waals surface area contributed by atoms with Crippen LogP contribution in [0.1, 0.15) is 25.7 Å². The quantitative estimate of drug-likeness (QED) is 0.425. The highest BCUT2D eigenvalue weighted by Crippen LogP contribution is 2.29. The van der Waals surface area contributed by atoms with Crippen molar-refractivity contribution in [3.05, 3.63) is 72.0 Å². The van der Waals surface area contributed by atoms with Crippen LogP contribution in [0.15, 0.2) is 71.9 Å². The van der Waals surface area contributed by atoms with Gasteiger partial charge in [-0.05, 0) is 62.1 Å². The molecule has 2 heterocycles. The number of hydrogen-bond acceptors (Lipinski definition) is 5. The van der Waals surface area contributed by atoms with Crippen LogP contribution < -0.4 is 10.0 Å². The first-order chi connectivity index (χ1) is 15.5. The Bertz CT molecular complexity index is 1380. The van der Waals surface area contributed by atoms with Gasteiger partial charge in [-0.1, -0.05) is 29.8 Å². The fraction of sp³-hybridized carbons (Fsp3) is 0.250. The van der Waals surface area contributed by atoms with Gasteiger partial charge in [-0.25, -0.2) is 13.1 Å². The van der Waals surface area contributed by atoms with Crippen molar-refractivity contribution in [1.29, 1.82) is 0 Å². The molecule has 1 saturated carbocycles. The number of sulfonamides is 1. The van der Waals surface area contributed by atoms with Crippen molar-refractivity contribution in [2.75, 3.05) is 5.32 Å². The molecule has 32 heavy (non-hydrogen) atoms. The summed E-state index contributed by atoms with van der Waals surface area (Å²) in [6.45, 7) is 0. The highest BCUT2D eigenvalue weighted by molar-refractivity contribution is 7.89. The van der Waals surface area contributed by atoms with Crippen LogP contribution in [0.5, 0.6) is 0 Å². The van der Waals surface area contributed by atoms with Crippen LogP contribution >= 0.6 is 11.6 Å². The van der Waals surface area contributed by atoms with E-state index in [1.807, 2.05) is 36.4 Å². The summed E-state index contributed by atoms with van der Waals surface area (Å²) in [6.07, 6.45) is 6.68. The number of anilines is 1. The first kappa shape index (κ1) is 21.1. The summed E-state index contributed by atoms with van der Waals surface area (Å²) in [4.78, 5) is 8.91. The summed E-state index contributed by atoms with van der Waals surface area (Å²) in [5.74, 6) is 0. The third-order valence-corrected chi connectivity index (χ3v) is 7.79. The van der Waals surface area contributed by atoms with Gasteiger partial charge in [0, 0.05) is 46.0 Å². The number of rotatable bonds is 5. The van der Waals surface area contributed by atoms with Gasteiger partial charge in [-0.3, -0.25) is 9.97 Å². The molecule has 2 aromatic carbocycles. The molecule has 8 heteroatoms. The van der Waals surface area contributed by atoms with Crippen molar-refractivity contribution in [1.82, 2.24) is 14.7 Å². The lowest BCUT2D eigenvalue weighted by atomic mass is 9.91. The molecule has 0 atom stereocenters. The van der Waals surface area contributed by atoms with Gasteiger partial charge in [0.05, 0.1) is 11.0 Å². The van der Waals surface area contributed by atoms with Crippen molar-refractivity contribution >= 4 is 49.1 Å². The van der Waals surface area contributed by atoms with E-state index in [2.05, 4.69) is 20.0 Å². The highest BCUT2D eigenvalue weighted by atomic mass is 35.5. The largest absolute Gasteiger partial charge is 0.382 e. The van der Waals surface area contributed by atoms with Gasteiger partial charge in [0.25, 0.3) is 0 Å². The molecule has 2 aromatic heterocycles. The average molecular weight is 467 g/mol. The van der Waals surface area contributed by atoms with Gasteiger partial charge in [-0.15, -0.1) is 0 Å². The molecule has 0 spiro atoms. The van der Waals surface area contributed by atoms with E-state index >= 15 is 0 Å². The summed E-state index contributed by atoms with van der Waals surface area (Å²) in [7, 11) is -3.65. The summed E-state index contributed by atoms with van der Waals surface area (Å²) < 4.78 is 29.1. The standard InChI is InChI=1S/C24H23ClN4O2S/c25-17-6-11-20-21(12-14-26-22(20)15-17)28-18-7-9-19(10-8-18)29-32(30,31)23-5-1-3-16-4-2-13-27-24(16)23/h1-6,11-15,18-19,29H,7-10H2,(H,26,28). The van der Waals surface area contributed by atoms with Crippen molar-refractivity contribution < 1.29 is 8.42 Å². The Balaban J connectivity index is 1.26. The number of pyridine rings is 2. The average Bonchev–Trinajstić information content (AvgIpc) is 2.80. The molecule has 0 amide bonds. The third kappa shape index (κ3) is 4.28. The predicted octanol–water partition coefficient (Wildman–Crippen LogP) is 5.14. The van der Waals surface area contributed by atoms with Crippen LogP contribution in [-0.4, -0.2) is 30.5 Å². The summed E-state index contributed by atoms with van der Waals surface area (Å²) in [6, 6.07) is 16.8. The molecule has 0 bridgehead atoms. The molecule has 0 radical (unpaired) electrons. The number of halogens is 1. The van der Waals surface area contributed by atoms with E-state index in [9.17, 15) is 8.42 Å². The Hall–Kier alpha value is -2.74. The Morgan fingerprint density at radius 3 is 2.50 bits per heavy atom.